The van der Waals surface area contributed by atoms with E-state index in [-0.39, 0.29) is 12.0 Å². The normalized spacial score (nSPS) is 10.4. The summed E-state index contributed by atoms with van der Waals surface area (Å²) in [4.78, 5) is 19.4. The van der Waals surface area contributed by atoms with Crippen molar-refractivity contribution in [3.05, 3.63) is 58.4 Å². The molecule has 0 unspecified atom stereocenters. The summed E-state index contributed by atoms with van der Waals surface area (Å²) < 4.78 is 5.24. The molecule has 3 aromatic rings. The minimum absolute atomic E-state index is 0.182. The molecule has 0 spiro atoms. The Morgan fingerprint density at radius 3 is 2.86 bits per heavy atom. The number of benzene rings is 2. The van der Waals surface area contributed by atoms with Gasteiger partial charge < -0.3 is 9.72 Å². The summed E-state index contributed by atoms with van der Waals surface area (Å²) in [5, 5.41) is 9.46. The van der Waals surface area contributed by atoms with E-state index in [1.165, 1.54) is 0 Å². The van der Waals surface area contributed by atoms with Gasteiger partial charge in [0.2, 0.25) is 0 Å². The van der Waals surface area contributed by atoms with E-state index in [1.807, 2.05) is 18.2 Å². The first kappa shape index (κ1) is 13.8. The van der Waals surface area contributed by atoms with Crippen LogP contribution in [-0.2, 0) is 6.42 Å². The van der Waals surface area contributed by atoms with Crippen LogP contribution in [0.25, 0.3) is 22.3 Å². The topological polar surface area (TPSA) is 78.8 Å². The van der Waals surface area contributed by atoms with Crippen LogP contribution < -0.4 is 10.3 Å². The van der Waals surface area contributed by atoms with Crippen LogP contribution in [0.3, 0.4) is 0 Å². The van der Waals surface area contributed by atoms with Crippen LogP contribution in [0, 0.1) is 11.3 Å². The van der Waals surface area contributed by atoms with E-state index in [2.05, 4.69) is 16.0 Å². The first-order valence-corrected chi connectivity index (χ1v) is 6.76. The van der Waals surface area contributed by atoms with Crippen LogP contribution in [0.5, 0.6) is 5.75 Å². The molecule has 0 aliphatic rings. The second-order valence-electron chi connectivity index (χ2n) is 4.79. The highest BCUT2D eigenvalue weighted by atomic mass is 16.5. The number of rotatable bonds is 3. The summed E-state index contributed by atoms with van der Waals surface area (Å²) in [7, 11) is 1.56. The van der Waals surface area contributed by atoms with Crippen LogP contribution in [-0.4, -0.2) is 17.1 Å². The third kappa shape index (κ3) is 2.42. The number of nitrogens with one attached hydrogen (secondary N) is 1. The number of hydrogen-bond donors (Lipinski definition) is 1. The van der Waals surface area contributed by atoms with Crippen molar-refractivity contribution in [2.75, 3.05) is 7.11 Å². The third-order valence-electron chi connectivity index (χ3n) is 3.44. The van der Waals surface area contributed by atoms with E-state index in [1.54, 1.807) is 31.4 Å². The molecule has 108 valence electrons. The SMILES string of the molecule is COc1ccc(-c2nc3ccccc3c(=O)[nH]2)cc1CC#N. The third-order valence-corrected chi connectivity index (χ3v) is 3.44. The maximum atomic E-state index is 12.1. The molecular weight excluding hydrogens is 278 g/mol. The monoisotopic (exact) mass is 291 g/mol. The molecule has 0 fully saturated rings. The lowest BCUT2D eigenvalue weighted by atomic mass is 10.1. The summed E-state index contributed by atoms with van der Waals surface area (Å²) in [5.41, 5.74) is 1.96. The second-order valence-corrected chi connectivity index (χ2v) is 4.79. The van der Waals surface area contributed by atoms with Gasteiger partial charge in [-0.2, -0.15) is 5.26 Å². The molecule has 5 nitrogen and oxygen atoms in total. The van der Waals surface area contributed by atoms with E-state index in [0.717, 1.165) is 11.1 Å². The summed E-state index contributed by atoms with van der Waals surface area (Å²) in [6, 6.07) is 14.7. The predicted molar refractivity (Wildman–Crippen MR) is 83.7 cm³/mol. The fourth-order valence-corrected chi connectivity index (χ4v) is 2.37. The van der Waals surface area contributed by atoms with Crippen molar-refractivity contribution in [3.63, 3.8) is 0 Å². The standard InChI is InChI=1S/C17H13N3O2/c1-22-15-7-6-12(10-11(15)8-9-18)16-19-14-5-3-2-4-13(14)17(21)20-16/h2-7,10H,8H2,1H3,(H,19,20,21). The molecule has 1 heterocycles. The Balaban J connectivity index is 2.17. The van der Waals surface area contributed by atoms with Gasteiger partial charge in [0.1, 0.15) is 11.6 Å². The largest absolute Gasteiger partial charge is 0.496 e. The average molecular weight is 291 g/mol. The zero-order valence-corrected chi connectivity index (χ0v) is 12.0. The van der Waals surface area contributed by atoms with E-state index in [9.17, 15) is 4.79 Å². The first-order chi connectivity index (χ1) is 10.7. The highest BCUT2D eigenvalue weighted by Gasteiger charge is 2.09. The molecule has 0 aliphatic carbocycles. The van der Waals surface area contributed by atoms with Crippen molar-refractivity contribution in [2.45, 2.75) is 6.42 Å². The summed E-state index contributed by atoms with van der Waals surface area (Å²) >= 11 is 0. The van der Waals surface area contributed by atoms with E-state index in [4.69, 9.17) is 10.00 Å². The zero-order chi connectivity index (χ0) is 15.5. The first-order valence-electron chi connectivity index (χ1n) is 6.76. The quantitative estimate of drug-likeness (QED) is 0.804. The van der Waals surface area contributed by atoms with E-state index in [0.29, 0.717) is 22.5 Å². The Morgan fingerprint density at radius 2 is 2.09 bits per heavy atom. The zero-order valence-electron chi connectivity index (χ0n) is 12.0. The second kappa shape index (κ2) is 5.70. The van der Waals surface area contributed by atoms with E-state index < -0.39 is 0 Å². The van der Waals surface area contributed by atoms with Gasteiger partial charge in [-0.1, -0.05) is 12.1 Å². The van der Waals surface area contributed by atoms with Crippen LogP contribution in [0.15, 0.2) is 47.3 Å². The molecule has 0 amide bonds. The Bertz CT molecular complexity index is 939. The molecule has 2 aromatic carbocycles. The number of nitrogens with zero attached hydrogens (tertiary/aromatic N) is 2. The summed E-state index contributed by atoms with van der Waals surface area (Å²) in [6.07, 6.45) is 0.231. The maximum absolute atomic E-state index is 12.1. The van der Waals surface area contributed by atoms with Crippen LogP contribution in [0.2, 0.25) is 0 Å². The molecule has 22 heavy (non-hydrogen) atoms. The van der Waals surface area contributed by atoms with Crippen molar-refractivity contribution < 1.29 is 4.74 Å². The average Bonchev–Trinajstić information content (AvgIpc) is 2.55. The number of fused-ring (bicyclic) bond motifs is 1. The number of aromatic amines is 1. The lowest BCUT2D eigenvalue weighted by Gasteiger charge is -2.08. The molecule has 0 saturated carbocycles. The van der Waals surface area contributed by atoms with Crippen molar-refractivity contribution in [3.8, 4) is 23.2 Å². The fraction of sp³-hybridized carbons (Fsp3) is 0.118. The molecule has 0 bridgehead atoms. The minimum Gasteiger partial charge on any atom is -0.496 e. The molecule has 0 aliphatic heterocycles. The lowest BCUT2D eigenvalue weighted by Crippen LogP contribution is -2.09. The van der Waals surface area contributed by atoms with Gasteiger partial charge in [0, 0.05) is 11.1 Å². The summed E-state index contributed by atoms with van der Waals surface area (Å²) in [6.45, 7) is 0. The predicted octanol–water partition coefficient (Wildman–Crippen LogP) is 2.66. The molecule has 3 rings (SSSR count). The van der Waals surface area contributed by atoms with Gasteiger partial charge in [0.25, 0.3) is 5.56 Å². The van der Waals surface area contributed by atoms with Gasteiger partial charge in [-0.3, -0.25) is 4.79 Å². The maximum Gasteiger partial charge on any atom is 0.259 e. The Kier molecular flexibility index (Phi) is 3.58. The molecule has 0 atom stereocenters. The number of nitriles is 1. The number of methoxy groups -OCH3 is 1. The molecule has 1 N–H and O–H groups in total. The van der Waals surface area contributed by atoms with Gasteiger partial charge in [-0.15, -0.1) is 0 Å². The number of aromatic nitrogens is 2. The highest BCUT2D eigenvalue weighted by molar-refractivity contribution is 5.79. The van der Waals surface area contributed by atoms with Crippen molar-refractivity contribution in [1.82, 2.24) is 9.97 Å². The number of ether oxygens (including phenoxy) is 1. The van der Waals surface area contributed by atoms with Gasteiger partial charge in [0.15, 0.2) is 0 Å². The minimum atomic E-state index is -0.182. The van der Waals surface area contributed by atoms with Crippen LogP contribution in [0.1, 0.15) is 5.56 Å². The molecular formula is C17H13N3O2. The van der Waals surface area contributed by atoms with Gasteiger partial charge in [-0.05, 0) is 30.3 Å². The Morgan fingerprint density at radius 1 is 1.27 bits per heavy atom. The fourth-order valence-electron chi connectivity index (χ4n) is 2.37. The lowest BCUT2D eigenvalue weighted by molar-refractivity contribution is 0.411. The molecule has 1 aromatic heterocycles. The highest BCUT2D eigenvalue weighted by Crippen LogP contribution is 2.25. The smallest absolute Gasteiger partial charge is 0.259 e. The molecule has 0 saturated heterocycles. The van der Waals surface area contributed by atoms with Crippen molar-refractivity contribution in [2.24, 2.45) is 0 Å². The van der Waals surface area contributed by atoms with Crippen LogP contribution in [0.4, 0.5) is 0 Å². The van der Waals surface area contributed by atoms with Gasteiger partial charge in [0.05, 0.1) is 30.5 Å². The van der Waals surface area contributed by atoms with Crippen LogP contribution >= 0.6 is 0 Å². The van der Waals surface area contributed by atoms with Crippen molar-refractivity contribution in [1.29, 1.82) is 5.26 Å². The Hall–Kier alpha value is -3.13. The molecule has 5 heteroatoms. The number of H-pyrrole nitrogens is 1. The van der Waals surface area contributed by atoms with E-state index >= 15 is 0 Å². The van der Waals surface area contributed by atoms with Gasteiger partial charge >= 0.3 is 0 Å². The van der Waals surface area contributed by atoms with Gasteiger partial charge in [-0.25, -0.2) is 4.98 Å². The molecule has 0 radical (unpaired) electrons. The number of para-hydroxylation sites is 1. The Labute approximate surface area is 126 Å². The summed E-state index contributed by atoms with van der Waals surface area (Å²) in [5.74, 6) is 1.12. The van der Waals surface area contributed by atoms with Crippen molar-refractivity contribution >= 4 is 10.9 Å². The number of hydrogen-bond acceptors (Lipinski definition) is 4.